The lowest BCUT2D eigenvalue weighted by molar-refractivity contribution is -0.130. The molecular weight excluding hydrogens is 423 g/mol. The van der Waals surface area contributed by atoms with Crippen molar-refractivity contribution < 1.29 is 9.18 Å². The Morgan fingerprint density at radius 2 is 2.12 bits per heavy atom. The second-order valence-electron chi connectivity index (χ2n) is 9.14. The molecule has 0 N–H and O–H groups in total. The largest absolute Gasteiger partial charge is 0.362 e. The Balaban J connectivity index is 1.50. The summed E-state index contributed by atoms with van der Waals surface area (Å²) in [6, 6.07) is 5.70. The topological polar surface area (TPSA) is 85.7 Å². The van der Waals surface area contributed by atoms with E-state index in [2.05, 4.69) is 39.5 Å². The van der Waals surface area contributed by atoms with Crippen molar-refractivity contribution in [2.45, 2.75) is 38.9 Å². The fraction of sp³-hybridized carbons (Fsp3) is 0.478. The van der Waals surface area contributed by atoms with Crippen LogP contribution >= 0.6 is 0 Å². The van der Waals surface area contributed by atoms with Crippen LogP contribution in [-0.2, 0) is 17.8 Å². The van der Waals surface area contributed by atoms with Gasteiger partial charge in [0.15, 0.2) is 5.82 Å². The van der Waals surface area contributed by atoms with E-state index < -0.39 is 5.82 Å². The third kappa shape index (κ3) is 3.35. The van der Waals surface area contributed by atoms with Crippen molar-refractivity contribution >= 4 is 17.1 Å². The number of carbonyl (C=O) groups excluding carboxylic acids is 1. The maximum atomic E-state index is 14.7. The molecule has 33 heavy (non-hydrogen) atoms. The van der Waals surface area contributed by atoms with Crippen molar-refractivity contribution in [3.8, 4) is 6.07 Å². The average Bonchev–Trinajstić information content (AvgIpc) is 3.37. The Morgan fingerprint density at radius 3 is 2.85 bits per heavy atom. The highest BCUT2D eigenvalue weighted by molar-refractivity contribution is 5.78. The highest BCUT2D eigenvalue weighted by Crippen LogP contribution is 2.37. The second kappa shape index (κ2) is 7.85. The number of hydrogen-bond acceptors (Lipinski definition) is 6. The summed E-state index contributed by atoms with van der Waals surface area (Å²) in [6.07, 6.45) is 1.98. The van der Waals surface area contributed by atoms with E-state index in [1.165, 1.54) is 10.1 Å². The van der Waals surface area contributed by atoms with E-state index in [1.807, 2.05) is 0 Å². The minimum Gasteiger partial charge on any atom is -0.362 e. The molecule has 9 nitrogen and oxygen atoms in total. The van der Waals surface area contributed by atoms with Crippen molar-refractivity contribution in [3.05, 3.63) is 46.8 Å². The Labute approximate surface area is 191 Å². The molecule has 0 fully saturated rings. The monoisotopic (exact) mass is 450 g/mol. The molecule has 2 atom stereocenters. The number of nitriles is 1. The molecule has 1 amide bonds. The first-order valence-corrected chi connectivity index (χ1v) is 11.2. The van der Waals surface area contributed by atoms with Crippen LogP contribution in [-0.4, -0.2) is 68.8 Å². The zero-order valence-electron chi connectivity index (χ0n) is 19.3. The predicted octanol–water partition coefficient (Wildman–Crippen LogP) is 2.13. The number of halogens is 1. The van der Waals surface area contributed by atoms with Gasteiger partial charge in [-0.15, -0.1) is 0 Å². The van der Waals surface area contributed by atoms with Crippen molar-refractivity contribution in [1.29, 1.82) is 5.26 Å². The van der Waals surface area contributed by atoms with Gasteiger partial charge in [-0.2, -0.15) is 15.5 Å². The quantitative estimate of drug-likeness (QED) is 0.608. The lowest BCUT2D eigenvalue weighted by atomic mass is 9.97. The molecule has 172 valence electrons. The van der Waals surface area contributed by atoms with Crippen LogP contribution in [0.4, 0.5) is 10.1 Å². The summed E-state index contributed by atoms with van der Waals surface area (Å²) in [5.41, 5.74) is 4.73. The third-order valence-corrected chi connectivity index (χ3v) is 6.87. The number of anilines is 1. The van der Waals surface area contributed by atoms with Gasteiger partial charge in [-0.3, -0.25) is 14.4 Å². The van der Waals surface area contributed by atoms with Crippen LogP contribution in [0.1, 0.15) is 48.6 Å². The van der Waals surface area contributed by atoms with Gasteiger partial charge in [-0.25, -0.2) is 8.91 Å². The minimum atomic E-state index is -0.439. The van der Waals surface area contributed by atoms with Crippen molar-refractivity contribution in [1.82, 2.24) is 29.2 Å². The smallest absolute Gasteiger partial charge is 0.236 e. The molecule has 5 heterocycles. The fourth-order valence-corrected chi connectivity index (χ4v) is 5.03. The number of fused-ring (bicyclic) bond motifs is 4. The number of aromatic nitrogens is 4. The van der Waals surface area contributed by atoms with Crippen molar-refractivity contribution in [2.75, 3.05) is 38.6 Å². The first-order chi connectivity index (χ1) is 15.8. The van der Waals surface area contributed by atoms with Gasteiger partial charge in [0.25, 0.3) is 0 Å². The number of rotatable bonds is 3. The van der Waals surface area contributed by atoms with Gasteiger partial charge in [0, 0.05) is 32.7 Å². The van der Waals surface area contributed by atoms with Gasteiger partial charge in [0.1, 0.15) is 17.3 Å². The fourth-order valence-electron chi connectivity index (χ4n) is 5.03. The number of nitrogens with zero attached hydrogens (tertiary/aromatic N) is 8. The lowest BCUT2D eigenvalue weighted by Gasteiger charge is -2.35. The first-order valence-electron chi connectivity index (χ1n) is 11.2. The average molecular weight is 451 g/mol. The second-order valence-corrected chi connectivity index (χ2v) is 9.14. The van der Waals surface area contributed by atoms with Crippen LogP contribution in [0.2, 0.25) is 0 Å². The molecule has 0 saturated carbocycles. The van der Waals surface area contributed by atoms with Crippen molar-refractivity contribution in [2.24, 2.45) is 0 Å². The van der Waals surface area contributed by atoms with E-state index in [1.54, 1.807) is 31.1 Å². The SMILES string of the molecule is C[C@@H]1c2nn3c(c2CCN1CC(=O)N(C)C)CN(c1ccc(C#N)n2ncc(F)c12)C[C@H]3C. The van der Waals surface area contributed by atoms with E-state index in [-0.39, 0.29) is 18.0 Å². The summed E-state index contributed by atoms with van der Waals surface area (Å²) in [6.45, 7) is 6.65. The molecule has 2 aliphatic heterocycles. The van der Waals surface area contributed by atoms with Crippen LogP contribution in [0.3, 0.4) is 0 Å². The summed E-state index contributed by atoms with van der Waals surface area (Å²) < 4.78 is 18.1. The van der Waals surface area contributed by atoms with E-state index in [4.69, 9.17) is 5.10 Å². The lowest BCUT2D eigenvalue weighted by Crippen LogP contribution is -2.41. The Kier molecular flexibility index (Phi) is 5.09. The number of pyridine rings is 1. The zero-order valence-corrected chi connectivity index (χ0v) is 19.3. The highest BCUT2D eigenvalue weighted by Gasteiger charge is 2.35. The number of amides is 1. The number of hydrogen-bond donors (Lipinski definition) is 0. The Morgan fingerprint density at radius 1 is 1.33 bits per heavy atom. The first kappa shape index (κ1) is 21.4. The van der Waals surface area contributed by atoms with Gasteiger partial charge < -0.3 is 9.80 Å². The summed E-state index contributed by atoms with van der Waals surface area (Å²) in [5, 5.41) is 18.4. The van der Waals surface area contributed by atoms with E-state index in [0.29, 0.717) is 30.8 Å². The summed E-state index contributed by atoms with van der Waals surface area (Å²) in [4.78, 5) is 18.2. The molecule has 0 saturated heterocycles. The molecule has 0 spiro atoms. The van der Waals surface area contributed by atoms with Crippen LogP contribution in [0.5, 0.6) is 0 Å². The molecular formula is C23H27FN8O. The molecule has 0 radical (unpaired) electrons. The van der Waals surface area contributed by atoms with Gasteiger partial charge in [0.2, 0.25) is 5.91 Å². The van der Waals surface area contributed by atoms with Crippen LogP contribution in [0, 0.1) is 17.1 Å². The molecule has 0 bridgehead atoms. The van der Waals surface area contributed by atoms with E-state index >= 15 is 0 Å². The molecule has 3 aromatic heterocycles. The molecule has 3 aromatic rings. The van der Waals surface area contributed by atoms with Crippen LogP contribution in [0.15, 0.2) is 18.3 Å². The number of carbonyl (C=O) groups is 1. The predicted molar refractivity (Wildman–Crippen MR) is 120 cm³/mol. The summed E-state index contributed by atoms with van der Waals surface area (Å²) >= 11 is 0. The molecule has 0 aliphatic carbocycles. The number of likely N-dealkylation sites (N-methyl/N-ethyl adjacent to an activating group) is 1. The maximum absolute atomic E-state index is 14.7. The molecule has 0 unspecified atom stereocenters. The molecule has 5 rings (SSSR count). The van der Waals surface area contributed by atoms with E-state index in [0.717, 1.165) is 36.2 Å². The van der Waals surface area contributed by atoms with Crippen LogP contribution in [0.25, 0.3) is 5.52 Å². The normalized spacial score (nSPS) is 20.4. The Hall–Kier alpha value is -3.45. The molecule has 2 aliphatic rings. The maximum Gasteiger partial charge on any atom is 0.236 e. The standard InChI is InChI=1S/C23H27FN8O/c1-14-11-30(19-6-5-16(9-25)32-23(19)18(24)10-26-32)12-20-17-7-8-29(13-21(33)28(3)4)15(2)22(17)27-31(14)20/h5-6,10,14-15H,7-8,11-13H2,1-4H3/t14-,15-/m1/s1. The van der Waals surface area contributed by atoms with Crippen LogP contribution < -0.4 is 4.90 Å². The van der Waals surface area contributed by atoms with Gasteiger partial charge in [-0.1, -0.05) is 0 Å². The van der Waals surface area contributed by atoms with Gasteiger partial charge in [-0.05, 0) is 32.4 Å². The molecule has 0 aromatic carbocycles. The van der Waals surface area contributed by atoms with Gasteiger partial charge in [0.05, 0.1) is 48.4 Å². The highest BCUT2D eigenvalue weighted by atomic mass is 19.1. The third-order valence-electron chi connectivity index (χ3n) is 6.87. The van der Waals surface area contributed by atoms with Gasteiger partial charge >= 0.3 is 0 Å². The summed E-state index contributed by atoms with van der Waals surface area (Å²) in [7, 11) is 3.55. The van der Waals surface area contributed by atoms with Crippen molar-refractivity contribution in [3.63, 3.8) is 0 Å². The summed E-state index contributed by atoms with van der Waals surface area (Å²) in [5.74, 6) is -0.354. The zero-order chi connectivity index (χ0) is 23.4. The molecule has 10 heteroatoms. The minimum absolute atomic E-state index is 0.0466. The van der Waals surface area contributed by atoms with E-state index in [9.17, 15) is 14.4 Å². The Bertz CT molecular complexity index is 1290.